The van der Waals surface area contributed by atoms with E-state index in [1.165, 1.54) is 6.92 Å². The van der Waals surface area contributed by atoms with Gasteiger partial charge in [0.15, 0.2) is 36.2 Å². The van der Waals surface area contributed by atoms with E-state index in [1.54, 1.807) is 36.0 Å². The van der Waals surface area contributed by atoms with E-state index in [2.05, 4.69) is 9.05 Å². The molecule has 2 aliphatic rings. The van der Waals surface area contributed by atoms with Gasteiger partial charge in [0.25, 0.3) is 0 Å². The Morgan fingerprint density at radius 3 is 1.82 bits per heavy atom. The second-order valence-corrected chi connectivity index (χ2v) is 14.9. The molecule has 18 nitrogen and oxygen atoms in total. The zero-order valence-electron chi connectivity index (χ0n) is 30.8. The maximum absolute atomic E-state index is 11.4. The Hall–Kier alpha value is -2.76. The van der Waals surface area contributed by atoms with Gasteiger partial charge in [0, 0.05) is 44.5 Å². The molecule has 1 aromatic rings. The molecule has 0 spiro atoms. The fourth-order valence-electron chi connectivity index (χ4n) is 5.02. The van der Waals surface area contributed by atoms with Gasteiger partial charge in [0.1, 0.15) is 20.2 Å². The molecule has 0 bridgehead atoms. The number of pyridine rings is 1. The molecular weight excluding hydrogens is 789 g/mol. The van der Waals surface area contributed by atoms with E-state index in [1.807, 2.05) is 62.2 Å². The lowest BCUT2D eigenvalue weighted by molar-refractivity contribution is -0.728. The van der Waals surface area contributed by atoms with Crippen LogP contribution in [0.1, 0.15) is 43.1 Å². The molecule has 1 heterocycles. The third-order valence-corrected chi connectivity index (χ3v) is 8.52. The maximum Gasteiger partial charge on any atom is 0.762 e. The van der Waals surface area contributed by atoms with Crippen molar-refractivity contribution in [2.75, 3.05) is 41.4 Å². The first-order chi connectivity index (χ1) is 24.7. The highest BCUT2D eigenvalue weighted by atomic mass is 31.2. The van der Waals surface area contributed by atoms with E-state index >= 15 is 0 Å². The lowest BCUT2D eigenvalue weighted by atomic mass is 10.1. The number of Topliss-reactive ketones (excluding diaryl/α,β-unsaturated/α-hetero) is 2. The summed E-state index contributed by atoms with van der Waals surface area (Å²) in [6, 6.07) is 2.11. The Morgan fingerprint density at radius 2 is 1.44 bits per heavy atom. The van der Waals surface area contributed by atoms with Crippen molar-refractivity contribution in [1.29, 1.82) is 0 Å². The predicted octanol–water partition coefficient (Wildman–Crippen LogP) is -5.99. The van der Waals surface area contributed by atoms with Crippen LogP contribution in [0.4, 0.5) is 12.9 Å². The molecular formula is C30H48BF4N4O14P2-3. The average Bonchev–Trinajstić information content (AvgIpc) is 3.46. The van der Waals surface area contributed by atoms with Gasteiger partial charge >= 0.3 is 7.54 Å². The van der Waals surface area contributed by atoms with Crippen LogP contribution in [0, 0.1) is 11.8 Å². The number of aliphatic hydroxyl groups excluding tert-OH is 4. The summed E-state index contributed by atoms with van der Waals surface area (Å²) in [4.78, 5) is 65.8. The minimum atomic E-state index is -5.12. The second kappa shape index (κ2) is 25.5. The van der Waals surface area contributed by atoms with Crippen LogP contribution in [0.2, 0.25) is 0 Å². The molecule has 6 N–H and O–H groups in total. The molecule has 3 rings (SSSR count). The lowest BCUT2D eigenvalue weighted by Crippen LogP contribution is -3.00. The Kier molecular flexibility index (Phi) is 25.2. The summed E-state index contributed by atoms with van der Waals surface area (Å²) in [5.41, 5.74) is 6.56. The Labute approximate surface area is 316 Å². The van der Waals surface area contributed by atoms with E-state index in [-0.39, 0.29) is 29.1 Å². The van der Waals surface area contributed by atoms with Crippen LogP contribution in [-0.4, -0.2) is 127 Å². The Balaban J connectivity index is 0. The molecule has 0 aliphatic heterocycles. The number of aromatic nitrogens is 1. The van der Waals surface area contributed by atoms with Crippen LogP contribution in [0.15, 0.2) is 48.5 Å². The second-order valence-electron chi connectivity index (χ2n) is 12.6. The number of phosphoric acid groups is 2. The molecule has 55 heavy (non-hydrogen) atoms. The number of hydrogen-bond acceptors (Lipinski definition) is 16. The number of rotatable bonds is 12. The number of aliphatic hydroxyl groups is 4. The molecule has 2 fully saturated rings. The van der Waals surface area contributed by atoms with Gasteiger partial charge in [0.05, 0.1) is 58.3 Å². The lowest BCUT2D eigenvalue weighted by Gasteiger charge is -2.30. The fraction of sp³-hybridized carbons (Fsp3) is 0.600. The van der Waals surface area contributed by atoms with Crippen LogP contribution in [-0.2, 0) is 23.0 Å². The maximum atomic E-state index is 11.4. The first-order valence-corrected chi connectivity index (χ1v) is 18.9. The van der Waals surface area contributed by atoms with E-state index in [4.69, 9.17) is 5.73 Å². The number of carbonyl (C=O) groups is 2. The molecule has 2 saturated carbocycles. The highest BCUT2D eigenvalue weighted by Crippen LogP contribution is 2.36. The topological polar surface area (TPSA) is 296 Å². The van der Waals surface area contributed by atoms with Crippen molar-refractivity contribution < 1.29 is 94.6 Å². The highest BCUT2D eigenvalue weighted by molar-refractivity contribution is 7.43. The number of nitrogens with zero attached hydrogens (tertiary/aromatic N) is 3. The molecule has 2 aliphatic carbocycles. The van der Waals surface area contributed by atoms with Crippen molar-refractivity contribution in [3.63, 3.8) is 0 Å². The van der Waals surface area contributed by atoms with Crippen molar-refractivity contribution >= 4 is 41.0 Å². The third-order valence-electron chi connectivity index (χ3n) is 7.59. The summed E-state index contributed by atoms with van der Waals surface area (Å²) in [6.45, 7) is 2.06. The zero-order valence-corrected chi connectivity index (χ0v) is 32.6. The molecule has 316 valence electrons. The van der Waals surface area contributed by atoms with Crippen molar-refractivity contribution in [1.82, 2.24) is 4.90 Å². The SMILES string of the molecule is CC(=O)C(=CC=CN(C)C)C=[N+](C)C.CC(=O)c1ccc[n+]([C@@H]2C[C@H](COP(=O)([O-])[O-])[C@@H](O)[C@H]2O)c1.FB(F)F.N[C@@H]1C[C@H](COP(=O)([O-])[O-])[C@@H](O)[C@H]1O.[F-]. The number of ketones is 2. The average molecular weight is 837 g/mol. The van der Waals surface area contributed by atoms with Crippen molar-refractivity contribution in [3.8, 4) is 0 Å². The number of allylic oxidation sites excluding steroid dienone is 3. The number of nitrogens with two attached hydrogens (primary N) is 1. The van der Waals surface area contributed by atoms with Crippen LogP contribution in [0.25, 0.3) is 0 Å². The molecule has 25 heteroatoms. The molecule has 0 unspecified atom stereocenters. The summed E-state index contributed by atoms with van der Waals surface area (Å²) in [7, 11) is -6.14. The molecule has 8 atom stereocenters. The van der Waals surface area contributed by atoms with Crippen LogP contribution < -0.4 is 34.6 Å². The number of carbonyl (C=O) groups excluding carboxylic acids is 2. The Bertz CT molecular complexity index is 1530. The van der Waals surface area contributed by atoms with E-state index in [9.17, 15) is 71.7 Å². The van der Waals surface area contributed by atoms with Gasteiger partial charge in [-0.05, 0) is 44.7 Å². The van der Waals surface area contributed by atoms with Crippen molar-refractivity contribution in [3.05, 3.63) is 54.0 Å². The molecule has 0 aromatic carbocycles. The molecule has 0 amide bonds. The van der Waals surface area contributed by atoms with Crippen LogP contribution in [0.3, 0.4) is 0 Å². The number of phosphoric ester groups is 2. The van der Waals surface area contributed by atoms with E-state index in [0.717, 1.165) is 0 Å². The van der Waals surface area contributed by atoms with Crippen molar-refractivity contribution in [2.45, 2.75) is 63.2 Å². The molecule has 1 aromatic heterocycles. The van der Waals surface area contributed by atoms with Gasteiger partial charge in [-0.2, -0.15) is 4.57 Å². The van der Waals surface area contributed by atoms with E-state index in [0.29, 0.717) is 11.1 Å². The summed E-state index contributed by atoms with van der Waals surface area (Å²) in [5.74, 6) is -1.37. The zero-order chi connectivity index (χ0) is 42.1. The molecule has 0 radical (unpaired) electrons. The normalized spacial score (nSPS) is 24.9. The monoisotopic (exact) mass is 837 g/mol. The van der Waals surface area contributed by atoms with Crippen molar-refractivity contribution in [2.24, 2.45) is 17.6 Å². The summed E-state index contributed by atoms with van der Waals surface area (Å²) >= 11 is 0. The quantitative estimate of drug-likeness (QED) is 0.0191. The summed E-state index contributed by atoms with van der Waals surface area (Å²) in [6.07, 6.45) is 6.40. The number of hydrogen-bond donors (Lipinski definition) is 5. The summed E-state index contributed by atoms with van der Waals surface area (Å²) in [5, 5.41) is 38.6. The molecule has 0 saturated heterocycles. The fourth-order valence-corrected chi connectivity index (χ4v) is 5.77. The van der Waals surface area contributed by atoms with Gasteiger partial charge in [-0.3, -0.25) is 22.5 Å². The highest BCUT2D eigenvalue weighted by Gasteiger charge is 2.47. The minimum absolute atomic E-state index is 0. The predicted molar refractivity (Wildman–Crippen MR) is 180 cm³/mol. The first kappa shape index (κ1) is 54.3. The Morgan fingerprint density at radius 1 is 0.964 bits per heavy atom. The largest absolute Gasteiger partial charge is 1.00 e. The van der Waals surface area contributed by atoms with Crippen LogP contribution >= 0.6 is 15.6 Å². The van der Waals surface area contributed by atoms with Gasteiger partial charge in [0.2, 0.25) is 0 Å². The first-order valence-electron chi connectivity index (χ1n) is 16.0. The minimum Gasteiger partial charge on any atom is -1.00 e. The third kappa shape index (κ3) is 23.2. The van der Waals surface area contributed by atoms with Crippen LogP contribution in [0.5, 0.6) is 0 Å². The van der Waals surface area contributed by atoms with Gasteiger partial charge < -0.3 is 73.5 Å². The number of halogens is 4. The van der Waals surface area contributed by atoms with Gasteiger partial charge in [-0.25, -0.2) is 4.58 Å². The van der Waals surface area contributed by atoms with Gasteiger partial charge in [-0.1, -0.05) is 0 Å². The smallest absolute Gasteiger partial charge is 0.762 e. The van der Waals surface area contributed by atoms with Gasteiger partial charge in [-0.15, -0.1) is 0 Å². The van der Waals surface area contributed by atoms with E-state index < -0.39 is 84.7 Å². The summed E-state index contributed by atoms with van der Waals surface area (Å²) < 4.78 is 61.3. The standard InChI is InChI=1S/C13H18NO7P.C11H19N2O.C6H14NO6P.BF3.FH/c1-8(15)9-3-2-4-14(6-9)11-5-10(12(16)13(11)17)7-21-22(18,19)20;1-10(14)11(9-13(4)5)7-6-8-12(2)3;7-4-1-3(5(8)6(4)9)2-13-14(10,11)12;2-1(3)4;/h2-4,6,10-13,16-17H,5,7H2,1H3,(H-,18,19,20);6-9H,1-5H3;3-6,8-9H,1-2,7H2,(H2,10,11,12);;1H/q;+1;;;/p-4/t10-,11-,12-,13+;;3-,4-,5-,6+;;/m1.1../s1.